The van der Waals surface area contributed by atoms with Crippen LogP contribution in [0.1, 0.15) is 24.0 Å². The van der Waals surface area contributed by atoms with Crippen molar-refractivity contribution in [2.75, 3.05) is 6.54 Å². The van der Waals surface area contributed by atoms with E-state index < -0.39 is 0 Å². The first-order valence-corrected chi connectivity index (χ1v) is 8.64. The maximum absolute atomic E-state index is 13.3. The minimum atomic E-state index is -0.277. The highest BCUT2D eigenvalue weighted by molar-refractivity contribution is 5.89. The average molecular weight is 340 g/mol. The van der Waals surface area contributed by atoms with Crippen molar-refractivity contribution in [2.24, 2.45) is 0 Å². The van der Waals surface area contributed by atoms with Crippen LogP contribution in [0.2, 0.25) is 0 Å². The second kappa shape index (κ2) is 6.35. The summed E-state index contributed by atoms with van der Waals surface area (Å²) in [5.41, 5.74) is 2.77. The van der Waals surface area contributed by atoms with E-state index in [1.807, 2.05) is 35.1 Å². The van der Waals surface area contributed by atoms with Crippen LogP contribution in [0.5, 0.6) is 0 Å². The molecule has 0 spiro atoms. The molecule has 1 fully saturated rings. The molecule has 1 aliphatic rings. The fourth-order valence-corrected chi connectivity index (χ4v) is 3.71. The molecule has 2 aromatic heterocycles. The van der Waals surface area contributed by atoms with Crippen LogP contribution in [-0.4, -0.2) is 38.2 Å². The van der Waals surface area contributed by atoms with Crippen LogP contribution in [0.3, 0.4) is 0 Å². The molecule has 0 radical (unpaired) electrons. The smallest absolute Gasteiger partial charge is 0.227 e. The Morgan fingerprint density at radius 3 is 3.12 bits per heavy atom. The predicted octanol–water partition coefficient (Wildman–Crippen LogP) is 3.05. The van der Waals surface area contributed by atoms with Crippen molar-refractivity contribution < 1.29 is 9.18 Å². The van der Waals surface area contributed by atoms with Gasteiger partial charge in [-0.1, -0.05) is 0 Å². The zero-order valence-electron chi connectivity index (χ0n) is 14.2. The van der Waals surface area contributed by atoms with Crippen molar-refractivity contribution in [3.8, 4) is 0 Å². The minimum absolute atomic E-state index is 0.122. The van der Waals surface area contributed by atoms with Crippen LogP contribution < -0.4 is 0 Å². The van der Waals surface area contributed by atoms with Crippen LogP contribution >= 0.6 is 0 Å². The third-order valence-electron chi connectivity index (χ3n) is 4.93. The number of benzene rings is 1. The van der Waals surface area contributed by atoms with Gasteiger partial charge in [-0.15, -0.1) is 0 Å². The highest BCUT2D eigenvalue weighted by atomic mass is 19.1. The van der Waals surface area contributed by atoms with Gasteiger partial charge in [-0.2, -0.15) is 5.10 Å². The molecule has 1 N–H and O–H groups in total. The van der Waals surface area contributed by atoms with Gasteiger partial charge in [0.1, 0.15) is 5.82 Å². The van der Waals surface area contributed by atoms with Gasteiger partial charge in [0.25, 0.3) is 0 Å². The van der Waals surface area contributed by atoms with Crippen LogP contribution in [0, 0.1) is 12.7 Å². The highest BCUT2D eigenvalue weighted by Crippen LogP contribution is 2.23. The van der Waals surface area contributed by atoms with E-state index in [2.05, 4.69) is 10.1 Å². The number of rotatable bonds is 4. The number of likely N-dealkylation sites (tertiary alicyclic amines) is 1. The van der Waals surface area contributed by atoms with E-state index in [0.717, 1.165) is 48.0 Å². The Kier molecular flexibility index (Phi) is 4.03. The molecular weight excluding hydrogens is 319 g/mol. The predicted molar refractivity (Wildman–Crippen MR) is 93.7 cm³/mol. The number of amides is 1. The number of halogens is 1. The van der Waals surface area contributed by atoms with E-state index in [1.165, 1.54) is 12.1 Å². The number of aromatic amines is 1. The van der Waals surface area contributed by atoms with Crippen LogP contribution in [0.15, 0.2) is 36.8 Å². The summed E-state index contributed by atoms with van der Waals surface area (Å²) in [6, 6.07) is 4.82. The quantitative estimate of drug-likeness (QED) is 0.794. The third kappa shape index (κ3) is 3.16. The van der Waals surface area contributed by atoms with Crippen molar-refractivity contribution in [2.45, 2.75) is 38.8 Å². The van der Waals surface area contributed by atoms with E-state index in [1.54, 1.807) is 6.07 Å². The summed E-state index contributed by atoms with van der Waals surface area (Å²) in [5, 5.41) is 5.25. The van der Waals surface area contributed by atoms with E-state index in [-0.39, 0.29) is 17.8 Å². The summed E-state index contributed by atoms with van der Waals surface area (Å²) in [7, 11) is 0. The van der Waals surface area contributed by atoms with Crippen molar-refractivity contribution in [1.29, 1.82) is 0 Å². The highest BCUT2D eigenvalue weighted by Gasteiger charge is 2.29. The molecule has 4 rings (SSSR count). The molecule has 130 valence electrons. The van der Waals surface area contributed by atoms with Crippen LogP contribution in [-0.2, 0) is 17.8 Å². The van der Waals surface area contributed by atoms with E-state index >= 15 is 0 Å². The number of nitrogens with zero attached hydrogens (tertiary/aromatic N) is 3. The van der Waals surface area contributed by atoms with Gasteiger partial charge in [0.15, 0.2) is 0 Å². The lowest BCUT2D eigenvalue weighted by molar-refractivity contribution is -0.131. The molecule has 0 unspecified atom stereocenters. The number of aromatic nitrogens is 3. The summed E-state index contributed by atoms with van der Waals surface area (Å²) in [4.78, 5) is 17.9. The van der Waals surface area contributed by atoms with E-state index in [4.69, 9.17) is 0 Å². The van der Waals surface area contributed by atoms with Crippen LogP contribution in [0.4, 0.5) is 4.39 Å². The van der Waals surface area contributed by atoms with Gasteiger partial charge in [-0.05, 0) is 49.1 Å². The Hall–Kier alpha value is -2.63. The number of carbonyl (C=O) groups is 1. The lowest BCUT2D eigenvalue weighted by Crippen LogP contribution is -2.39. The van der Waals surface area contributed by atoms with Gasteiger partial charge < -0.3 is 9.88 Å². The lowest BCUT2D eigenvalue weighted by atomic mass is 10.1. The monoisotopic (exact) mass is 340 g/mol. The molecule has 1 aromatic carbocycles. The maximum Gasteiger partial charge on any atom is 0.227 e. The summed E-state index contributed by atoms with van der Waals surface area (Å²) < 4.78 is 15.2. The van der Waals surface area contributed by atoms with Gasteiger partial charge >= 0.3 is 0 Å². The first-order chi connectivity index (χ1) is 12.1. The molecule has 1 aliphatic heterocycles. The SMILES string of the molecule is Cc1cnn(C[C@H]2CCCN2C(=O)Cc2c[nH]c3cc(F)ccc23)c1. The topological polar surface area (TPSA) is 53.9 Å². The van der Waals surface area contributed by atoms with Crippen molar-refractivity contribution in [1.82, 2.24) is 19.7 Å². The molecule has 25 heavy (non-hydrogen) atoms. The molecule has 1 saturated heterocycles. The van der Waals surface area contributed by atoms with Crippen molar-refractivity contribution in [3.05, 3.63) is 53.7 Å². The molecule has 1 amide bonds. The number of nitrogens with one attached hydrogen (secondary N) is 1. The second-order valence-corrected chi connectivity index (χ2v) is 6.80. The average Bonchev–Trinajstić information content (AvgIpc) is 3.29. The van der Waals surface area contributed by atoms with Gasteiger partial charge in [-0.25, -0.2) is 4.39 Å². The first kappa shape index (κ1) is 15.9. The standard InChI is InChI=1S/C19H21FN4O/c1-13-9-22-23(11-13)12-16-3-2-6-24(16)19(25)7-14-10-21-18-8-15(20)4-5-17(14)18/h4-5,8-11,16,21H,2-3,6-7,12H2,1H3/t16-/m1/s1. The van der Waals surface area contributed by atoms with E-state index in [0.29, 0.717) is 6.42 Å². The normalized spacial score (nSPS) is 17.5. The molecule has 0 bridgehead atoms. The lowest BCUT2D eigenvalue weighted by Gasteiger charge is -2.24. The largest absolute Gasteiger partial charge is 0.361 e. The summed E-state index contributed by atoms with van der Waals surface area (Å²) in [6.45, 7) is 3.54. The van der Waals surface area contributed by atoms with Gasteiger partial charge in [-0.3, -0.25) is 9.48 Å². The number of carbonyl (C=O) groups excluding carboxylic acids is 1. The molecule has 1 atom stereocenters. The zero-order chi connectivity index (χ0) is 17.4. The fourth-order valence-electron chi connectivity index (χ4n) is 3.71. The summed E-state index contributed by atoms with van der Waals surface area (Å²) >= 11 is 0. The fraction of sp³-hybridized carbons (Fsp3) is 0.368. The number of H-pyrrole nitrogens is 1. The second-order valence-electron chi connectivity index (χ2n) is 6.80. The zero-order valence-corrected chi connectivity index (χ0v) is 14.2. The molecular formula is C19H21FN4O. The Balaban J connectivity index is 1.49. The number of aryl methyl sites for hydroxylation is 1. The summed E-state index contributed by atoms with van der Waals surface area (Å²) in [6.07, 6.45) is 8.02. The molecule has 3 aromatic rings. The molecule has 5 nitrogen and oxygen atoms in total. The van der Waals surface area contributed by atoms with Crippen molar-refractivity contribution >= 4 is 16.8 Å². The Morgan fingerprint density at radius 1 is 1.44 bits per heavy atom. The number of hydrogen-bond acceptors (Lipinski definition) is 2. The molecule has 3 heterocycles. The third-order valence-corrected chi connectivity index (χ3v) is 4.93. The number of fused-ring (bicyclic) bond motifs is 1. The first-order valence-electron chi connectivity index (χ1n) is 8.64. The van der Waals surface area contributed by atoms with E-state index in [9.17, 15) is 9.18 Å². The van der Waals surface area contributed by atoms with Gasteiger partial charge in [0, 0.05) is 29.8 Å². The van der Waals surface area contributed by atoms with Crippen LogP contribution in [0.25, 0.3) is 10.9 Å². The maximum atomic E-state index is 13.3. The Bertz CT molecular complexity index is 913. The van der Waals surface area contributed by atoms with Gasteiger partial charge in [0.2, 0.25) is 5.91 Å². The molecule has 6 heteroatoms. The summed E-state index contributed by atoms with van der Waals surface area (Å²) in [5.74, 6) is -0.155. The minimum Gasteiger partial charge on any atom is -0.361 e. The molecule has 0 saturated carbocycles. The Morgan fingerprint density at radius 2 is 2.32 bits per heavy atom. The number of hydrogen-bond donors (Lipinski definition) is 1. The molecule has 0 aliphatic carbocycles. The van der Waals surface area contributed by atoms with Gasteiger partial charge in [0.05, 0.1) is 25.2 Å². The van der Waals surface area contributed by atoms with Crippen molar-refractivity contribution in [3.63, 3.8) is 0 Å². The Labute approximate surface area is 145 Å².